The monoisotopic (exact) mass is 318 g/mol. The molecular formula is C18H22O5. The number of hydrogen-bond donors (Lipinski definition) is 1. The van der Waals surface area contributed by atoms with Gasteiger partial charge in [-0.05, 0) is 24.5 Å². The van der Waals surface area contributed by atoms with E-state index in [4.69, 9.17) is 14.3 Å². The van der Waals surface area contributed by atoms with E-state index in [1.54, 1.807) is 18.2 Å². The zero-order valence-corrected chi connectivity index (χ0v) is 13.5. The van der Waals surface area contributed by atoms with Crippen molar-refractivity contribution in [1.82, 2.24) is 0 Å². The fourth-order valence-electron chi connectivity index (χ4n) is 2.70. The number of carboxylic acid groups (broad SMARTS) is 1. The predicted molar refractivity (Wildman–Crippen MR) is 88.2 cm³/mol. The topological polar surface area (TPSA) is 76.7 Å². The molecule has 1 unspecified atom stereocenters. The Morgan fingerprint density at radius 1 is 1.30 bits per heavy atom. The summed E-state index contributed by atoms with van der Waals surface area (Å²) in [5.74, 6) is -0.571. The van der Waals surface area contributed by atoms with Crippen molar-refractivity contribution in [2.45, 2.75) is 39.5 Å². The van der Waals surface area contributed by atoms with Crippen molar-refractivity contribution < 1.29 is 19.1 Å². The number of hydrogen-bond acceptors (Lipinski definition) is 4. The van der Waals surface area contributed by atoms with Crippen molar-refractivity contribution >= 4 is 16.9 Å². The van der Waals surface area contributed by atoms with Gasteiger partial charge in [0.1, 0.15) is 16.7 Å². The molecule has 0 amide bonds. The van der Waals surface area contributed by atoms with Crippen LogP contribution in [-0.2, 0) is 0 Å². The molecule has 0 aliphatic carbocycles. The molecule has 0 radical (unpaired) electrons. The Labute approximate surface area is 134 Å². The Morgan fingerprint density at radius 3 is 2.74 bits per heavy atom. The normalized spacial score (nSPS) is 12.3. The van der Waals surface area contributed by atoms with E-state index in [0.717, 1.165) is 25.3 Å². The van der Waals surface area contributed by atoms with E-state index < -0.39 is 11.4 Å². The summed E-state index contributed by atoms with van der Waals surface area (Å²) in [7, 11) is 0. The van der Waals surface area contributed by atoms with Gasteiger partial charge in [-0.2, -0.15) is 0 Å². The second-order valence-corrected chi connectivity index (χ2v) is 5.61. The molecule has 1 atom stereocenters. The van der Waals surface area contributed by atoms with E-state index in [1.165, 1.54) is 6.42 Å². The number of rotatable bonds is 8. The lowest BCUT2D eigenvalue weighted by Gasteiger charge is -2.14. The van der Waals surface area contributed by atoms with Crippen LogP contribution in [0.4, 0.5) is 0 Å². The molecule has 0 saturated carbocycles. The van der Waals surface area contributed by atoms with Crippen LogP contribution in [0.25, 0.3) is 11.0 Å². The Morgan fingerprint density at radius 2 is 2.09 bits per heavy atom. The number of ether oxygens (including phenoxy) is 1. The van der Waals surface area contributed by atoms with E-state index in [2.05, 4.69) is 13.8 Å². The largest absolute Gasteiger partial charge is 0.493 e. The van der Waals surface area contributed by atoms with Gasteiger partial charge in [0, 0.05) is 6.07 Å². The Balaban J connectivity index is 2.21. The highest BCUT2D eigenvalue weighted by atomic mass is 16.5. The second-order valence-electron chi connectivity index (χ2n) is 5.61. The number of carbonyl (C=O) groups is 1. The Bertz CT molecular complexity index is 732. The third-order valence-electron chi connectivity index (χ3n) is 3.99. The molecule has 0 aliphatic rings. The van der Waals surface area contributed by atoms with Crippen molar-refractivity contribution in [1.29, 1.82) is 0 Å². The quantitative estimate of drug-likeness (QED) is 0.793. The lowest BCUT2D eigenvalue weighted by Crippen LogP contribution is -2.10. The molecular weight excluding hydrogens is 296 g/mol. The van der Waals surface area contributed by atoms with Crippen LogP contribution < -0.4 is 10.2 Å². The fraction of sp³-hybridized carbons (Fsp3) is 0.444. The summed E-state index contributed by atoms with van der Waals surface area (Å²) >= 11 is 0. The maximum absolute atomic E-state index is 12.2. The summed E-state index contributed by atoms with van der Waals surface area (Å²) in [6.07, 6.45) is 4.35. The van der Waals surface area contributed by atoms with E-state index in [0.29, 0.717) is 23.7 Å². The van der Waals surface area contributed by atoms with Crippen molar-refractivity contribution in [3.63, 3.8) is 0 Å². The first kappa shape index (κ1) is 17.1. The van der Waals surface area contributed by atoms with E-state index in [9.17, 15) is 9.59 Å². The highest BCUT2D eigenvalue weighted by Crippen LogP contribution is 2.24. The minimum absolute atomic E-state index is 0.230. The molecule has 0 bridgehead atoms. The molecule has 2 rings (SSSR count). The molecule has 0 saturated heterocycles. The molecule has 2 aromatic rings. The van der Waals surface area contributed by atoms with Gasteiger partial charge >= 0.3 is 5.97 Å². The number of fused-ring (bicyclic) bond motifs is 1. The maximum atomic E-state index is 12.2. The first-order chi connectivity index (χ1) is 11.1. The van der Waals surface area contributed by atoms with Gasteiger partial charge in [-0.1, -0.05) is 39.2 Å². The maximum Gasteiger partial charge on any atom is 0.371 e. The average Bonchev–Trinajstić information content (AvgIpc) is 2.53. The van der Waals surface area contributed by atoms with Gasteiger partial charge in [0.05, 0.1) is 6.61 Å². The molecule has 1 N–H and O–H groups in total. The molecule has 1 aromatic heterocycles. The predicted octanol–water partition coefficient (Wildman–Crippen LogP) is 4.09. The lowest BCUT2D eigenvalue weighted by atomic mass is 9.98. The van der Waals surface area contributed by atoms with Gasteiger partial charge in [0.15, 0.2) is 5.43 Å². The lowest BCUT2D eigenvalue weighted by molar-refractivity contribution is 0.0663. The van der Waals surface area contributed by atoms with Crippen molar-refractivity contribution in [2.24, 2.45) is 5.92 Å². The molecule has 5 nitrogen and oxygen atoms in total. The summed E-state index contributed by atoms with van der Waals surface area (Å²) in [5.41, 5.74) is -0.173. The van der Waals surface area contributed by atoms with E-state index in [1.807, 2.05) is 0 Å². The molecule has 1 aromatic carbocycles. The molecule has 0 fully saturated rings. The molecule has 1 heterocycles. The van der Waals surface area contributed by atoms with E-state index in [-0.39, 0.29) is 11.3 Å². The van der Waals surface area contributed by atoms with E-state index >= 15 is 0 Å². The zero-order chi connectivity index (χ0) is 16.8. The summed E-state index contributed by atoms with van der Waals surface area (Å²) in [4.78, 5) is 23.1. The van der Waals surface area contributed by atoms with Gasteiger partial charge in [-0.3, -0.25) is 4.79 Å². The summed E-state index contributed by atoms with van der Waals surface area (Å²) in [6.45, 7) is 4.86. The highest BCUT2D eigenvalue weighted by molar-refractivity contribution is 5.89. The smallest absolute Gasteiger partial charge is 0.371 e. The third-order valence-corrected chi connectivity index (χ3v) is 3.99. The first-order valence-electron chi connectivity index (χ1n) is 7.99. The minimum atomic E-state index is -1.26. The van der Waals surface area contributed by atoms with Gasteiger partial charge in [-0.15, -0.1) is 0 Å². The zero-order valence-electron chi connectivity index (χ0n) is 13.5. The van der Waals surface area contributed by atoms with Crippen LogP contribution in [0.15, 0.2) is 33.5 Å². The van der Waals surface area contributed by atoms with Crippen molar-refractivity contribution in [2.75, 3.05) is 6.61 Å². The van der Waals surface area contributed by atoms with Gasteiger partial charge in [-0.25, -0.2) is 4.79 Å². The Kier molecular flexibility index (Phi) is 5.79. The highest BCUT2D eigenvalue weighted by Gasteiger charge is 2.14. The summed E-state index contributed by atoms with van der Waals surface area (Å²) in [6, 6.07) is 5.96. The molecule has 124 valence electrons. The SMILES string of the molecule is CCCC(CC)CCOc1cccc2oc(C(=O)O)cc(=O)c12. The average molecular weight is 318 g/mol. The van der Waals surface area contributed by atoms with Crippen LogP contribution in [-0.4, -0.2) is 17.7 Å². The molecule has 0 aliphatic heterocycles. The summed E-state index contributed by atoms with van der Waals surface area (Å²) in [5, 5.41) is 9.25. The molecule has 5 heteroatoms. The standard InChI is InChI=1S/C18H22O5/c1-3-6-12(4-2)9-10-22-14-7-5-8-15-17(14)13(19)11-16(23-15)18(20)21/h5,7-8,11-12H,3-4,6,9-10H2,1-2H3,(H,20,21). The minimum Gasteiger partial charge on any atom is -0.493 e. The second kappa shape index (κ2) is 7.81. The van der Waals surface area contributed by atoms with Crippen molar-refractivity contribution in [3.05, 3.63) is 40.2 Å². The summed E-state index contributed by atoms with van der Waals surface area (Å²) < 4.78 is 11.0. The number of benzene rings is 1. The van der Waals surface area contributed by atoms with Gasteiger partial charge < -0.3 is 14.3 Å². The first-order valence-corrected chi connectivity index (χ1v) is 7.99. The van der Waals surface area contributed by atoms with Crippen LogP contribution >= 0.6 is 0 Å². The number of aromatic carboxylic acids is 1. The third kappa shape index (κ3) is 4.12. The molecule has 0 spiro atoms. The van der Waals surface area contributed by atoms with Crippen molar-refractivity contribution in [3.8, 4) is 5.75 Å². The molecule has 23 heavy (non-hydrogen) atoms. The van der Waals surface area contributed by atoms with Gasteiger partial charge in [0.25, 0.3) is 0 Å². The van der Waals surface area contributed by atoms with Gasteiger partial charge in [0.2, 0.25) is 5.76 Å². The van der Waals surface area contributed by atoms with Crippen LogP contribution in [0.3, 0.4) is 0 Å². The van der Waals surface area contributed by atoms with Crippen LogP contribution in [0.5, 0.6) is 5.75 Å². The van der Waals surface area contributed by atoms with Crippen LogP contribution in [0.2, 0.25) is 0 Å². The van der Waals surface area contributed by atoms with Crippen LogP contribution in [0.1, 0.15) is 50.1 Å². The number of carboxylic acids is 1. The fourth-order valence-corrected chi connectivity index (χ4v) is 2.70. The Hall–Kier alpha value is -2.30. The van der Waals surface area contributed by atoms with Crippen LogP contribution in [0, 0.1) is 5.92 Å².